The molecule has 8 heteroatoms. The standard InChI is InChI=1S/C47H56N2O5S/c1-5-9-33-48(41-25-29-43(30-26-41)53-35-11-7-3)39-21-17-37(18-22-39)47(45-15-13-14-16-46(45)55(50,51)52)38-19-23-40(24-20-38)49(34-10-6-2)42-27-31-44(32-28-42)54-36-12-8-4/h13-32H,5-12,33-36H2,1-4H3/p+1. The summed E-state index contributed by atoms with van der Waals surface area (Å²) in [7, 11) is -4.51. The molecule has 290 valence electrons. The highest BCUT2D eigenvalue weighted by molar-refractivity contribution is 7.86. The fourth-order valence-corrected chi connectivity index (χ4v) is 7.25. The van der Waals surface area contributed by atoms with Gasteiger partial charge in [0.05, 0.1) is 13.2 Å². The molecule has 0 radical (unpaired) electrons. The van der Waals surface area contributed by atoms with Crippen LogP contribution in [0.15, 0.2) is 132 Å². The maximum atomic E-state index is 12.7. The first-order valence-corrected chi connectivity index (χ1v) is 21.4. The molecule has 1 aliphatic rings. The summed E-state index contributed by atoms with van der Waals surface area (Å²) in [5.41, 5.74) is 7.04. The SMILES string of the molecule is CCCCOc1ccc(N(CCCC)c2ccc(C(=C3C=CC(=[N+](CCCC)c4ccc(OCCCC)cc4)C=C3)c3ccccc3S(=O)(=O)O)cc2)cc1. The van der Waals surface area contributed by atoms with Gasteiger partial charge in [-0.1, -0.05) is 83.7 Å². The van der Waals surface area contributed by atoms with E-state index in [1.54, 1.807) is 18.2 Å². The molecule has 0 amide bonds. The molecule has 5 rings (SSSR count). The molecule has 7 nitrogen and oxygen atoms in total. The van der Waals surface area contributed by atoms with E-state index in [1.165, 1.54) is 6.07 Å². The van der Waals surface area contributed by atoms with Crippen molar-refractivity contribution in [1.29, 1.82) is 0 Å². The predicted molar refractivity (Wildman–Crippen MR) is 227 cm³/mol. The maximum absolute atomic E-state index is 12.7. The number of unbranched alkanes of at least 4 members (excludes halogenated alkanes) is 4. The summed E-state index contributed by atoms with van der Waals surface area (Å²) in [6, 6.07) is 31.4. The van der Waals surface area contributed by atoms with Crippen LogP contribution in [0.3, 0.4) is 0 Å². The molecule has 0 saturated carbocycles. The number of rotatable bonds is 20. The third-order valence-corrected chi connectivity index (χ3v) is 10.6. The van der Waals surface area contributed by atoms with E-state index in [9.17, 15) is 13.0 Å². The van der Waals surface area contributed by atoms with Crippen molar-refractivity contribution >= 4 is 38.5 Å². The number of hydrogen-bond acceptors (Lipinski definition) is 5. The Morgan fingerprint density at radius 2 is 1.16 bits per heavy atom. The van der Waals surface area contributed by atoms with Gasteiger partial charge in [0.1, 0.15) is 22.9 Å². The van der Waals surface area contributed by atoms with Gasteiger partial charge in [0, 0.05) is 54.2 Å². The number of hydrogen-bond donors (Lipinski definition) is 1. The van der Waals surface area contributed by atoms with E-state index >= 15 is 0 Å². The van der Waals surface area contributed by atoms with E-state index < -0.39 is 10.1 Å². The summed E-state index contributed by atoms with van der Waals surface area (Å²) in [6.07, 6.45) is 16.6. The quantitative estimate of drug-likeness (QED) is 0.0549. The summed E-state index contributed by atoms with van der Waals surface area (Å²) < 4.78 is 49.9. The minimum absolute atomic E-state index is 0.130. The second-order valence-corrected chi connectivity index (χ2v) is 15.2. The Balaban J connectivity index is 1.54. The van der Waals surface area contributed by atoms with Gasteiger partial charge in [0.2, 0.25) is 11.4 Å². The van der Waals surface area contributed by atoms with Crippen LogP contribution in [0.5, 0.6) is 11.5 Å². The predicted octanol–water partition coefficient (Wildman–Crippen LogP) is 11.7. The molecule has 1 N–H and O–H groups in total. The Kier molecular flexibility index (Phi) is 15.5. The highest BCUT2D eigenvalue weighted by atomic mass is 32.2. The normalized spacial score (nSPS) is 12.5. The van der Waals surface area contributed by atoms with Gasteiger partial charge in [-0.25, -0.2) is 0 Å². The van der Waals surface area contributed by atoms with Crippen LogP contribution in [0.2, 0.25) is 0 Å². The van der Waals surface area contributed by atoms with Crippen molar-refractivity contribution in [3.63, 3.8) is 0 Å². The average Bonchev–Trinajstić information content (AvgIpc) is 3.20. The van der Waals surface area contributed by atoms with Gasteiger partial charge in [-0.15, -0.1) is 0 Å². The van der Waals surface area contributed by atoms with Crippen LogP contribution in [0.25, 0.3) is 5.57 Å². The molecule has 4 aromatic rings. The van der Waals surface area contributed by atoms with E-state index in [0.29, 0.717) is 24.4 Å². The Bertz CT molecular complexity index is 2050. The summed E-state index contributed by atoms with van der Waals surface area (Å²) in [5, 5.41) is 0. The van der Waals surface area contributed by atoms with Gasteiger partial charge in [-0.05, 0) is 103 Å². The number of ether oxygens (including phenoxy) is 2. The smallest absolute Gasteiger partial charge is 0.295 e. The lowest BCUT2D eigenvalue weighted by Crippen LogP contribution is -2.18. The molecule has 4 aromatic carbocycles. The molecular weight excluding hydrogens is 705 g/mol. The molecule has 55 heavy (non-hydrogen) atoms. The average molecular weight is 762 g/mol. The molecule has 0 saturated heterocycles. The topological polar surface area (TPSA) is 79.1 Å². The minimum atomic E-state index is -4.51. The van der Waals surface area contributed by atoms with E-state index in [4.69, 9.17) is 9.47 Å². The Morgan fingerprint density at radius 1 is 0.636 bits per heavy atom. The zero-order valence-corrected chi connectivity index (χ0v) is 33.7. The van der Waals surface area contributed by atoms with Crippen LogP contribution < -0.4 is 14.4 Å². The first-order chi connectivity index (χ1) is 26.8. The zero-order valence-electron chi connectivity index (χ0n) is 32.9. The first kappa shape index (κ1) is 41.2. The Hall–Kier alpha value is -4.92. The number of anilines is 2. The largest absolute Gasteiger partial charge is 0.494 e. The lowest BCUT2D eigenvalue weighted by Gasteiger charge is -2.26. The second kappa shape index (κ2) is 20.7. The van der Waals surface area contributed by atoms with E-state index in [1.807, 2.05) is 48.6 Å². The molecule has 0 spiro atoms. The Morgan fingerprint density at radius 3 is 1.71 bits per heavy atom. The highest BCUT2D eigenvalue weighted by Gasteiger charge is 2.23. The monoisotopic (exact) mass is 761 g/mol. The summed E-state index contributed by atoms with van der Waals surface area (Å²) >= 11 is 0. The third kappa shape index (κ3) is 11.3. The molecule has 0 bridgehead atoms. The summed E-state index contributed by atoms with van der Waals surface area (Å²) in [4.78, 5) is 2.17. The fourth-order valence-electron chi connectivity index (χ4n) is 6.55. The van der Waals surface area contributed by atoms with E-state index in [0.717, 1.165) is 110 Å². The minimum Gasteiger partial charge on any atom is -0.494 e. The van der Waals surface area contributed by atoms with Crippen LogP contribution >= 0.6 is 0 Å². The molecule has 0 unspecified atom stereocenters. The van der Waals surface area contributed by atoms with E-state index in [2.05, 4.69) is 85.7 Å². The second-order valence-electron chi connectivity index (χ2n) is 13.8. The maximum Gasteiger partial charge on any atom is 0.295 e. The number of benzene rings is 4. The van der Waals surface area contributed by atoms with Gasteiger partial charge in [-0.2, -0.15) is 13.0 Å². The van der Waals surface area contributed by atoms with Crippen molar-refractivity contribution in [3.05, 3.63) is 138 Å². The summed E-state index contributed by atoms with van der Waals surface area (Å²) in [6.45, 7) is 11.8. The van der Waals surface area contributed by atoms with Crippen LogP contribution in [0.1, 0.15) is 90.2 Å². The van der Waals surface area contributed by atoms with Crippen LogP contribution in [-0.2, 0) is 10.1 Å². The lowest BCUT2D eigenvalue weighted by molar-refractivity contribution is -0.439. The van der Waals surface area contributed by atoms with Crippen LogP contribution in [0.4, 0.5) is 17.1 Å². The Labute approximate surface area is 329 Å². The molecule has 0 fully saturated rings. The molecule has 0 atom stereocenters. The van der Waals surface area contributed by atoms with Crippen molar-refractivity contribution in [1.82, 2.24) is 0 Å². The van der Waals surface area contributed by atoms with Crippen LogP contribution in [0, 0.1) is 0 Å². The third-order valence-electron chi connectivity index (χ3n) is 9.67. The molecular formula is C47H57N2O5S+. The van der Waals surface area contributed by atoms with Crippen molar-refractivity contribution in [3.8, 4) is 11.5 Å². The number of nitrogens with zero attached hydrogens (tertiary/aromatic N) is 2. The van der Waals surface area contributed by atoms with Gasteiger partial charge < -0.3 is 14.4 Å². The number of allylic oxidation sites excluding steroid dienone is 5. The van der Waals surface area contributed by atoms with Crippen molar-refractivity contribution in [2.75, 3.05) is 31.2 Å². The first-order valence-electron chi connectivity index (χ1n) is 19.9. The lowest BCUT2D eigenvalue weighted by atomic mass is 9.90. The molecule has 0 heterocycles. The molecule has 1 aliphatic carbocycles. The molecule has 0 aromatic heterocycles. The molecule has 0 aliphatic heterocycles. The zero-order chi connectivity index (χ0) is 39.0. The summed E-state index contributed by atoms with van der Waals surface area (Å²) in [5.74, 6) is 1.73. The van der Waals surface area contributed by atoms with Gasteiger partial charge in [0.15, 0.2) is 0 Å². The van der Waals surface area contributed by atoms with Gasteiger partial charge in [-0.3, -0.25) is 4.55 Å². The van der Waals surface area contributed by atoms with Gasteiger partial charge >= 0.3 is 0 Å². The van der Waals surface area contributed by atoms with Gasteiger partial charge in [0.25, 0.3) is 10.1 Å². The highest BCUT2D eigenvalue weighted by Crippen LogP contribution is 2.36. The van der Waals surface area contributed by atoms with Crippen molar-refractivity contribution < 1.29 is 27.0 Å². The van der Waals surface area contributed by atoms with Crippen molar-refractivity contribution in [2.45, 2.75) is 84.0 Å². The van der Waals surface area contributed by atoms with Crippen molar-refractivity contribution in [2.24, 2.45) is 0 Å². The van der Waals surface area contributed by atoms with Crippen LogP contribution in [-0.4, -0.2) is 49.6 Å². The fraction of sp³-hybridized carbons (Fsp3) is 0.340. The van der Waals surface area contributed by atoms with E-state index in [-0.39, 0.29) is 4.90 Å².